The Bertz CT molecular complexity index is 1110. The average Bonchev–Trinajstić information content (AvgIpc) is 2.74. The number of para-hydroxylation sites is 1. The van der Waals surface area contributed by atoms with Crippen LogP contribution in [0, 0.1) is 0 Å². The Labute approximate surface area is 168 Å². The average molecular weight is 412 g/mol. The van der Waals surface area contributed by atoms with Crippen molar-refractivity contribution in [2.75, 3.05) is 0 Å². The second-order valence-corrected chi connectivity index (χ2v) is 8.68. The number of amides is 1. The molecule has 150 valence electrons. The highest BCUT2D eigenvalue weighted by molar-refractivity contribution is 7.91. The summed E-state index contributed by atoms with van der Waals surface area (Å²) in [5.41, 5.74) is 0.434. The monoisotopic (exact) mass is 412 g/mol. The summed E-state index contributed by atoms with van der Waals surface area (Å²) in [6.07, 6.45) is 1.34. The van der Waals surface area contributed by atoms with Gasteiger partial charge in [0.15, 0.2) is 5.03 Å². The minimum absolute atomic E-state index is 0.0121. The molecule has 1 amide bonds. The minimum atomic E-state index is -4.01. The smallest absolute Gasteiger partial charge is 0.253 e. The van der Waals surface area contributed by atoms with E-state index in [-0.39, 0.29) is 15.5 Å². The normalized spacial score (nSPS) is 11.7. The van der Waals surface area contributed by atoms with Gasteiger partial charge in [-0.15, -0.1) is 0 Å². The van der Waals surface area contributed by atoms with E-state index in [1.165, 1.54) is 44.3 Å². The number of rotatable bonds is 6. The molecule has 8 heteroatoms. The Balaban J connectivity index is 1.97. The molecule has 2 N–H and O–H groups in total. The Morgan fingerprint density at radius 2 is 1.59 bits per heavy atom. The number of pyridine rings is 1. The molecule has 7 nitrogen and oxygen atoms in total. The van der Waals surface area contributed by atoms with Crippen molar-refractivity contribution in [2.24, 2.45) is 0 Å². The zero-order valence-corrected chi connectivity index (χ0v) is 16.7. The summed E-state index contributed by atoms with van der Waals surface area (Å²) in [6, 6.07) is 18.1. The van der Waals surface area contributed by atoms with Crippen molar-refractivity contribution < 1.29 is 23.2 Å². The Morgan fingerprint density at radius 3 is 2.21 bits per heavy atom. The van der Waals surface area contributed by atoms with Gasteiger partial charge >= 0.3 is 0 Å². The number of hydrogen-bond acceptors (Lipinski definition) is 6. The number of hydrogen-bond donors (Lipinski definition) is 2. The van der Waals surface area contributed by atoms with E-state index in [4.69, 9.17) is 9.94 Å². The number of nitrogens with one attached hydrogen (secondary N) is 1. The van der Waals surface area contributed by atoms with Crippen molar-refractivity contribution in [3.8, 4) is 11.5 Å². The molecule has 0 atom stereocenters. The van der Waals surface area contributed by atoms with E-state index < -0.39 is 21.2 Å². The van der Waals surface area contributed by atoms with Crippen LogP contribution in [0.15, 0.2) is 82.8 Å². The lowest BCUT2D eigenvalue weighted by Crippen LogP contribution is -2.39. The fourth-order valence-electron chi connectivity index (χ4n) is 2.77. The zero-order valence-electron chi connectivity index (χ0n) is 15.9. The Morgan fingerprint density at radius 1 is 0.966 bits per heavy atom. The molecule has 0 saturated carbocycles. The number of benzene rings is 2. The lowest BCUT2D eigenvalue weighted by atomic mass is 9.85. The number of carbonyl (C=O) groups excluding carboxylic acids is 1. The van der Waals surface area contributed by atoms with Crippen molar-refractivity contribution >= 4 is 15.7 Å². The number of ether oxygens (including phenoxy) is 1. The topological polar surface area (TPSA) is 106 Å². The van der Waals surface area contributed by atoms with Gasteiger partial charge < -0.3 is 4.74 Å². The van der Waals surface area contributed by atoms with Gasteiger partial charge in [0.1, 0.15) is 11.5 Å². The van der Waals surface area contributed by atoms with Crippen LogP contribution in [0.4, 0.5) is 0 Å². The first-order valence-electron chi connectivity index (χ1n) is 8.75. The standard InChI is InChI=1S/C21H20N2O5S/c1-21(2,20(24)23-25)18-9-6-14-22-19(18)29(26,27)17-12-10-16(11-13-17)28-15-7-4-3-5-8-15/h3-14,25H,1-2H3,(H,23,24). The maximum Gasteiger partial charge on any atom is 0.253 e. The maximum atomic E-state index is 13.2. The van der Waals surface area contributed by atoms with Crippen molar-refractivity contribution in [2.45, 2.75) is 29.2 Å². The summed E-state index contributed by atoms with van der Waals surface area (Å²) in [5, 5.41) is 8.77. The Hall–Kier alpha value is -3.23. The third-order valence-electron chi connectivity index (χ3n) is 4.48. The summed E-state index contributed by atoms with van der Waals surface area (Å²) in [6.45, 7) is 3.01. The lowest BCUT2D eigenvalue weighted by molar-refractivity contribution is -0.134. The fourth-order valence-corrected chi connectivity index (χ4v) is 4.30. The number of sulfone groups is 1. The highest BCUT2D eigenvalue weighted by Gasteiger charge is 2.36. The van der Waals surface area contributed by atoms with E-state index in [9.17, 15) is 13.2 Å². The van der Waals surface area contributed by atoms with Crippen LogP contribution in [0.5, 0.6) is 11.5 Å². The van der Waals surface area contributed by atoms with Crippen LogP contribution in [0.1, 0.15) is 19.4 Å². The van der Waals surface area contributed by atoms with Gasteiger partial charge in [-0.05, 0) is 56.3 Å². The molecule has 0 fully saturated rings. The van der Waals surface area contributed by atoms with E-state index in [1.54, 1.807) is 29.7 Å². The van der Waals surface area contributed by atoms with E-state index in [1.807, 2.05) is 18.2 Å². The predicted molar refractivity (Wildman–Crippen MR) is 106 cm³/mol. The van der Waals surface area contributed by atoms with Crippen LogP contribution < -0.4 is 10.2 Å². The van der Waals surface area contributed by atoms with Crippen molar-refractivity contribution in [1.29, 1.82) is 0 Å². The molecule has 29 heavy (non-hydrogen) atoms. The van der Waals surface area contributed by atoms with Gasteiger partial charge in [-0.1, -0.05) is 24.3 Å². The maximum absolute atomic E-state index is 13.2. The quantitative estimate of drug-likeness (QED) is 0.474. The molecule has 0 aliphatic heterocycles. The van der Waals surface area contributed by atoms with Crippen molar-refractivity contribution in [3.05, 3.63) is 78.5 Å². The molecule has 2 aromatic carbocycles. The summed E-state index contributed by atoms with van der Waals surface area (Å²) in [5.74, 6) is 0.372. The first-order chi connectivity index (χ1) is 13.8. The predicted octanol–water partition coefficient (Wildman–Crippen LogP) is 3.49. The minimum Gasteiger partial charge on any atom is -0.457 e. The number of carbonyl (C=O) groups is 1. The van der Waals surface area contributed by atoms with E-state index in [2.05, 4.69) is 4.98 Å². The summed E-state index contributed by atoms with van der Waals surface area (Å²) >= 11 is 0. The highest BCUT2D eigenvalue weighted by atomic mass is 32.2. The molecule has 0 unspecified atom stereocenters. The van der Waals surface area contributed by atoms with E-state index in [0.29, 0.717) is 11.5 Å². The Kier molecular flexibility index (Phi) is 5.67. The molecule has 0 aliphatic rings. The third-order valence-corrected chi connectivity index (χ3v) is 6.21. The molecule has 0 spiro atoms. The SMILES string of the molecule is CC(C)(C(=O)NO)c1cccnc1S(=O)(=O)c1ccc(Oc2ccccc2)cc1. The third kappa shape index (κ3) is 4.13. The molecule has 1 aromatic heterocycles. The van der Waals surface area contributed by atoms with Gasteiger partial charge in [-0.25, -0.2) is 18.9 Å². The first-order valence-corrected chi connectivity index (χ1v) is 10.2. The van der Waals surface area contributed by atoms with Crippen LogP contribution in [0.2, 0.25) is 0 Å². The van der Waals surface area contributed by atoms with Crippen LogP contribution >= 0.6 is 0 Å². The van der Waals surface area contributed by atoms with Crippen LogP contribution in [-0.4, -0.2) is 24.5 Å². The second-order valence-electron chi connectivity index (χ2n) is 6.81. The summed E-state index contributed by atoms with van der Waals surface area (Å²) in [4.78, 5) is 16.1. The molecule has 0 bridgehead atoms. The molecule has 0 radical (unpaired) electrons. The van der Waals surface area contributed by atoms with Crippen molar-refractivity contribution in [1.82, 2.24) is 10.5 Å². The molecule has 0 aliphatic carbocycles. The first kappa shape index (κ1) is 20.5. The van der Waals surface area contributed by atoms with Crippen LogP contribution in [0.3, 0.4) is 0 Å². The molecular weight excluding hydrogens is 392 g/mol. The van der Waals surface area contributed by atoms with Gasteiger partial charge in [-0.3, -0.25) is 10.0 Å². The van der Waals surface area contributed by atoms with Crippen LogP contribution in [0.25, 0.3) is 0 Å². The lowest BCUT2D eigenvalue weighted by Gasteiger charge is -2.24. The number of hydroxylamine groups is 1. The van der Waals surface area contributed by atoms with Crippen LogP contribution in [-0.2, 0) is 20.0 Å². The summed E-state index contributed by atoms with van der Waals surface area (Å²) < 4.78 is 32.1. The fraction of sp³-hybridized carbons (Fsp3) is 0.143. The highest BCUT2D eigenvalue weighted by Crippen LogP contribution is 2.32. The van der Waals surface area contributed by atoms with Gasteiger partial charge in [-0.2, -0.15) is 0 Å². The largest absolute Gasteiger partial charge is 0.457 e. The molecule has 0 saturated heterocycles. The molecule has 1 heterocycles. The van der Waals surface area contributed by atoms with Gasteiger partial charge in [0, 0.05) is 11.8 Å². The van der Waals surface area contributed by atoms with Gasteiger partial charge in [0.05, 0.1) is 10.3 Å². The van der Waals surface area contributed by atoms with E-state index >= 15 is 0 Å². The van der Waals surface area contributed by atoms with E-state index in [0.717, 1.165) is 0 Å². The van der Waals surface area contributed by atoms with Gasteiger partial charge in [0.25, 0.3) is 5.91 Å². The molecule has 3 aromatic rings. The molecular formula is C21H20N2O5S. The molecule has 3 rings (SSSR count). The second kappa shape index (κ2) is 8.02. The van der Waals surface area contributed by atoms with Gasteiger partial charge in [0.2, 0.25) is 9.84 Å². The number of nitrogens with zero attached hydrogens (tertiary/aromatic N) is 1. The van der Waals surface area contributed by atoms with Crippen molar-refractivity contribution in [3.63, 3.8) is 0 Å². The summed E-state index contributed by atoms with van der Waals surface area (Å²) in [7, 11) is -4.01. The number of aromatic nitrogens is 1. The zero-order chi connectivity index (χ0) is 21.1.